The number of nitriles is 1. The summed E-state index contributed by atoms with van der Waals surface area (Å²) < 4.78 is 65.1. The van der Waals surface area contributed by atoms with Gasteiger partial charge in [0.05, 0.1) is 17.4 Å². The fraction of sp³-hybridized carbons (Fsp3) is 0.333. The lowest BCUT2D eigenvalue weighted by molar-refractivity contribution is -0.390. The second-order valence-electron chi connectivity index (χ2n) is 3.29. The van der Waals surface area contributed by atoms with Crippen molar-refractivity contribution in [1.29, 1.82) is 5.26 Å². The van der Waals surface area contributed by atoms with E-state index in [1.807, 2.05) is 0 Å². The minimum absolute atomic E-state index is 0.513. The number of nitro groups is 1. The van der Waals surface area contributed by atoms with Crippen LogP contribution in [0.4, 0.5) is 27.6 Å². The Hall–Kier alpha value is -2.51. The van der Waals surface area contributed by atoms with Crippen molar-refractivity contribution in [2.75, 3.05) is 0 Å². The Balaban J connectivity index is 3.57. The molecule has 0 spiro atoms. The van der Waals surface area contributed by atoms with Gasteiger partial charge in [0.25, 0.3) is 6.43 Å². The van der Waals surface area contributed by atoms with Gasteiger partial charge in [-0.2, -0.15) is 5.26 Å². The minimum Gasteiger partial charge on any atom is -0.398 e. The topological polar surface area (TPSA) is 89.0 Å². The number of pyridine rings is 1. The fourth-order valence-corrected chi connectivity index (χ4v) is 1.31. The largest absolute Gasteiger partial charge is 0.573 e. The molecule has 0 bridgehead atoms. The predicted octanol–water partition coefficient (Wildman–Crippen LogP) is 2.89. The van der Waals surface area contributed by atoms with E-state index in [2.05, 4.69) is 9.72 Å². The van der Waals surface area contributed by atoms with Gasteiger partial charge in [-0.15, -0.1) is 13.2 Å². The van der Waals surface area contributed by atoms with Crippen LogP contribution >= 0.6 is 0 Å². The molecule has 0 aromatic carbocycles. The van der Waals surface area contributed by atoms with Crippen molar-refractivity contribution in [2.24, 2.45) is 0 Å². The average Bonchev–Trinajstić information content (AvgIpc) is 2.28. The van der Waals surface area contributed by atoms with E-state index in [1.165, 1.54) is 6.07 Å². The van der Waals surface area contributed by atoms with E-state index >= 15 is 0 Å². The zero-order chi connectivity index (χ0) is 15.5. The van der Waals surface area contributed by atoms with Gasteiger partial charge in [0.2, 0.25) is 5.75 Å². The van der Waals surface area contributed by atoms with Crippen LogP contribution in [-0.2, 0) is 6.42 Å². The molecule has 0 amide bonds. The number of nitrogens with zero attached hydrogens (tertiary/aromatic N) is 3. The molecule has 0 aliphatic rings. The van der Waals surface area contributed by atoms with Crippen LogP contribution in [0.2, 0.25) is 0 Å². The Bertz CT molecular complexity index is 567. The summed E-state index contributed by atoms with van der Waals surface area (Å²) in [6.07, 6.45) is -9.01. The summed E-state index contributed by atoms with van der Waals surface area (Å²) >= 11 is 0. The van der Waals surface area contributed by atoms with E-state index in [0.29, 0.717) is 6.20 Å². The monoisotopic (exact) mass is 297 g/mol. The summed E-state index contributed by atoms with van der Waals surface area (Å²) in [6, 6.07) is 1.43. The van der Waals surface area contributed by atoms with Crippen LogP contribution in [0.3, 0.4) is 0 Å². The Labute approximate surface area is 107 Å². The molecule has 0 saturated heterocycles. The van der Waals surface area contributed by atoms with E-state index in [1.54, 1.807) is 0 Å². The first-order chi connectivity index (χ1) is 9.17. The van der Waals surface area contributed by atoms with Gasteiger partial charge in [-0.25, -0.2) is 13.8 Å². The molecule has 1 aromatic heterocycles. The van der Waals surface area contributed by atoms with Crippen LogP contribution in [0.25, 0.3) is 0 Å². The fourth-order valence-electron chi connectivity index (χ4n) is 1.31. The first-order valence-electron chi connectivity index (χ1n) is 4.74. The van der Waals surface area contributed by atoms with Crippen LogP contribution in [0.1, 0.15) is 17.7 Å². The molecular weight excluding hydrogens is 293 g/mol. The van der Waals surface area contributed by atoms with Gasteiger partial charge in [-0.3, -0.25) is 10.1 Å². The Morgan fingerprint density at radius 3 is 2.50 bits per heavy atom. The highest BCUT2D eigenvalue weighted by molar-refractivity contribution is 5.55. The van der Waals surface area contributed by atoms with Crippen molar-refractivity contribution in [3.8, 4) is 11.8 Å². The van der Waals surface area contributed by atoms with E-state index in [9.17, 15) is 32.1 Å². The van der Waals surface area contributed by atoms with Gasteiger partial charge in [0.1, 0.15) is 0 Å². The second kappa shape index (κ2) is 5.64. The van der Waals surface area contributed by atoms with E-state index in [4.69, 9.17) is 5.26 Å². The molecule has 1 heterocycles. The highest BCUT2D eigenvalue weighted by Gasteiger charge is 2.39. The molecule has 0 N–H and O–H groups in total. The molecule has 1 aromatic rings. The van der Waals surface area contributed by atoms with Gasteiger partial charge in [-0.1, -0.05) is 0 Å². The maximum Gasteiger partial charge on any atom is 0.573 e. The lowest BCUT2D eigenvalue weighted by atomic mass is 10.1. The molecule has 0 fully saturated rings. The molecular formula is C9H4F5N3O3. The van der Waals surface area contributed by atoms with Gasteiger partial charge in [0, 0.05) is 11.8 Å². The van der Waals surface area contributed by atoms with Crippen LogP contribution in [0, 0.1) is 21.4 Å². The predicted molar refractivity (Wildman–Crippen MR) is 51.8 cm³/mol. The third-order valence-corrected chi connectivity index (χ3v) is 1.99. The number of hydrogen-bond acceptors (Lipinski definition) is 5. The van der Waals surface area contributed by atoms with Gasteiger partial charge in [-0.05, 0) is 0 Å². The van der Waals surface area contributed by atoms with Crippen LogP contribution < -0.4 is 4.74 Å². The molecule has 11 heteroatoms. The third kappa shape index (κ3) is 3.50. The van der Waals surface area contributed by atoms with Crippen molar-refractivity contribution >= 4 is 5.69 Å². The number of ether oxygens (including phenoxy) is 1. The standard InChI is InChI=1S/C9H4F5N3O3/c10-8(11)5-6(17(18)19)7(20-9(12,13)14)4(1-2-15)3-16-5/h3,8H,1H2. The number of halogens is 5. The van der Waals surface area contributed by atoms with Gasteiger partial charge in [0.15, 0.2) is 5.69 Å². The normalized spacial score (nSPS) is 11.2. The van der Waals surface area contributed by atoms with Crippen molar-refractivity contribution < 1.29 is 31.6 Å². The zero-order valence-electron chi connectivity index (χ0n) is 9.32. The van der Waals surface area contributed by atoms with Gasteiger partial charge >= 0.3 is 12.0 Å². The summed E-state index contributed by atoms with van der Waals surface area (Å²) in [4.78, 5) is 12.2. The molecule has 0 unspecified atom stereocenters. The second-order valence-corrected chi connectivity index (χ2v) is 3.29. The van der Waals surface area contributed by atoms with Crippen LogP contribution in [0.15, 0.2) is 6.20 Å². The molecule has 6 nitrogen and oxygen atoms in total. The molecule has 20 heavy (non-hydrogen) atoms. The number of hydrogen-bond donors (Lipinski definition) is 0. The first-order valence-corrected chi connectivity index (χ1v) is 4.74. The molecule has 0 saturated carbocycles. The van der Waals surface area contributed by atoms with Crippen LogP contribution in [0.5, 0.6) is 5.75 Å². The highest BCUT2D eigenvalue weighted by Crippen LogP contribution is 2.40. The average molecular weight is 297 g/mol. The minimum atomic E-state index is -5.34. The van der Waals surface area contributed by atoms with Gasteiger partial charge < -0.3 is 4.74 Å². The smallest absolute Gasteiger partial charge is 0.398 e. The summed E-state index contributed by atoms with van der Waals surface area (Å²) in [7, 11) is 0. The number of aromatic nitrogens is 1. The molecule has 0 aliphatic carbocycles. The molecule has 108 valence electrons. The third-order valence-electron chi connectivity index (χ3n) is 1.99. The summed E-state index contributed by atoms with van der Waals surface area (Å²) in [5.74, 6) is -1.45. The lowest BCUT2D eigenvalue weighted by Crippen LogP contribution is -2.20. The maximum absolute atomic E-state index is 12.5. The quantitative estimate of drug-likeness (QED) is 0.484. The van der Waals surface area contributed by atoms with E-state index in [-0.39, 0.29) is 0 Å². The maximum atomic E-state index is 12.5. The number of rotatable bonds is 4. The molecule has 0 aliphatic heterocycles. The van der Waals surface area contributed by atoms with Crippen molar-refractivity contribution in [1.82, 2.24) is 4.98 Å². The Morgan fingerprint density at radius 2 is 2.10 bits per heavy atom. The van der Waals surface area contributed by atoms with E-state index < -0.39 is 46.8 Å². The molecule has 1 rings (SSSR count). The summed E-state index contributed by atoms with van der Waals surface area (Å²) in [6.45, 7) is 0. The SMILES string of the molecule is N#CCc1cnc(C(F)F)c([N+](=O)[O-])c1OC(F)(F)F. The Morgan fingerprint density at radius 1 is 1.50 bits per heavy atom. The van der Waals surface area contributed by atoms with Crippen LogP contribution in [-0.4, -0.2) is 16.3 Å². The Kier molecular flexibility index (Phi) is 4.38. The van der Waals surface area contributed by atoms with Crippen molar-refractivity contribution in [3.63, 3.8) is 0 Å². The van der Waals surface area contributed by atoms with Crippen molar-refractivity contribution in [2.45, 2.75) is 19.2 Å². The molecule has 0 radical (unpaired) electrons. The van der Waals surface area contributed by atoms with Crippen molar-refractivity contribution in [3.05, 3.63) is 27.6 Å². The zero-order valence-corrected chi connectivity index (χ0v) is 9.32. The number of alkyl halides is 5. The first kappa shape index (κ1) is 15.5. The lowest BCUT2D eigenvalue weighted by Gasteiger charge is -2.13. The summed E-state index contributed by atoms with van der Waals surface area (Å²) in [5.41, 5.74) is -3.68. The highest BCUT2D eigenvalue weighted by atomic mass is 19.4. The van der Waals surface area contributed by atoms with E-state index in [0.717, 1.165) is 0 Å². The summed E-state index contributed by atoms with van der Waals surface area (Å²) in [5, 5.41) is 19.1. The molecule has 0 atom stereocenters.